The van der Waals surface area contributed by atoms with E-state index in [4.69, 9.17) is 0 Å². The van der Waals surface area contributed by atoms with Crippen LogP contribution in [-0.2, 0) is 11.3 Å². The van der Waals surface area contributed by atoms with Gasteiger partial charge in [0, 0.05) is 20.0 Å². The second-order valence-corrected chi connectivity index (χ2v) is 5.68. The first-order valence-corrected chi connectivity index (χ1v) is 8.13. The Labute approximate surface area is 129 Å². The standard InChI is InChI=1S/C19H29NO/c1-3-4-5-6-7-8-9-13-16-19(21)20(2)17-18-14-11-10-12-15-18/h3,10-12,14-15H,1,4-9,13,16-17H2,2H3. The average Bonchev–Trinajstić information content (AvgIpc) is 2.50. The molecule has 1 rings (SSSR count). The third kappa shape index (κ3) is 8.34. The van der Waals surface area contributed by atoms with Crippen LogP contribution in [-0.4, -0.2) is 17.9 Å². The number of benzene rings is 1. The Morgan fingerprint density at radius 3 is 2.33 bits per heavy atom. The first-order chi connectivity index (χ1) is 10.2. The van der Waals surface area contributed by atoms with Crippen molar-refractivity contribution in [3.05, 3.63) is 48.6 Å². The SMILES string of the molecule is C=CCCCCCCCCC(=O)N(C)Cc1ccccc1. The van der Waals surface area contributed by atoms with Gasteiger partial charge < -0.3 is 4.90 Å². The van der Waals surface area contributed by atoms with E-state index in [-0.39, 0.29) is 5.91 Å². The van der Waals surface area contributed by atoms with Gasteiger partial charge in [-0.25, -0.2) is 0 Å². The Hall–Kier alpha value is -1.57. The molecule has 21 heavy (non-hydrogen) atoms. The summed E-state index contributed by atoms with van der Waals surface area (Å²) in [5.74, 6) is 0.255. The number of allylic oxidation sites excluding steroid dienone is 1. The predicted molar refractivity (Wildman–Crippen MR) is 90.0 cm³/mol. The smallest absolute Gasteiger partial charge is 0.222 e. The Morgan fingerprint density at radius 2 is 1.67 bits per heavy atom. The molecular formula is C19H29NO. The number of hydrogen-bond donors (Lipinski definition) is 0. The fourth-order valence-electron chi connectivity index (χ4n) is 2.41. The van der Waals surface area contributed by atoms with Gasteiger partial charge in [-0.3, -0.25) is 4.79 Å². The van der Waals surface area contributed by atoms with Gasteiger partial charge in [-0.05, 0) is 24.8 Å². The van der Waals surface area contributed by atoms with Gasteiger partial charge in [-0.15, -0.1) is 6.58 Å². The molecule has 0 heterocycles. The molecule has 2 nitrogen and oxygen atoms in total. The molecule has 0 unspecified atom stereocenters. The molecular weight excluding hydrogens is 258 g/mol. The summed E-state index contributed by atoms with van der Waals surface area (Å²) in [4.78, 5) is 13.9. The topological polar surface area (TPSA) is 20.3 Å². The molecule has 1 amide bonds. The molecule has 0 aliphatic carbocycles. The molecule has 1 aromatic rings. The minimum absolute atomic E-state index is 0.255. The molecule has 0 aliphatic rings. The van der Waals surface area contributed by atoms with Crippen LogP contribution >= 0.6 is 0 Å². The lowest BCUT2D eigenvalue weighted by molar-refractivity contribution is -0.130. The van der Waals surface area contributed by atoms with Crippen LogP contribution in [0.1, 0.15) is 56.9 Å². The Bertz CT molecular complexity index is 399. The molecule has 0 atom stereocenters. The second-order valence-electron chi connectivity index (χ2n) is 5.68. The molecule has 0 spiro atoms. The largest absolute Gasteiger partial charge is 0.341 e. The van der Waals surface area contributed by atoms with Crippen LogP contribution in [0.2, 0.25) is 0 Å². The van der Waals surface area contributed by atoms with E-state index < -0.39 is 0 Å². The number of hydrogen-bond acceptors (Lipinski definition) is 1. The van der Waals surface area contributed by atoms with Crippen molar-refractivity contribution in [3.63, 3.8) is 0 Å². The Balaban J connectivity index is 2.06. The Kier molecular flexibility index (Phi) is 9.26. The van der Waals surface area contributed by atoms with Gasteiger partial charge in [-0.2, -0.15) is 0 Å². The number of nitrogens with zero attached hydrogens (tertiary/aromatic N) is 1. The summed E-state index contributed by atoms with van der Waals surface area (Å²) in [6.45, 7) is 4.44. The zero-order valence-corrected chi connectivity index (χ0v) is 13.4. The van der Waals surface area contributed by atoms with Crippen LogP contribution in [0, 0.1) is 0 Å². The Morgan fingerprint density at radius 1 is 1.05 bits per heavy atom. The molecule has 0 aliphatic heterocycles. The summed E-state index contributed by atoms with van der Waals surface area (Å²) in [7, 11) is 1.89. The minimum atomic E-state index is 0.255. The van der Waals surface area contributed by atoms with Gasteiger partial charge in [-0.1, -0.05) is 62.1 Å². The highest BCUT2D eigenvalue weighted by molar-refractivity contribution is 5.75. The number of rotatable bonds is 11. The van der Waals surface area contributed by atoms with Crippen molar-refractivity contribution in [2.45, 2.75) is 57.9 Å². The molecule has 0 bridgehead atoms. The number of unbranched alkanes of at least 4 members (excludes halogenated alkanes) is 6. The van der Waals surface area contributed by atoms with E-state index in [2.05, 4.69) is 18.7 Å². The van der Waals surface area contributed by atoms with Crippen molar-refractivity contribution in [3.8, 4) is 0 Å². The molecule has 0 saturated heterocycles. The third-order valence-corrected chi connectivity index (χ3v) is 3.74. The molecule has 116 valence electrons. The maximum atomic E-state index is 12.0. The van der Waals surface area contributed by atoms with Crippen molar-refractivity contribution in [1.29, 1.82) is 0 Å². The molecule has 1 aromatic carbocycles. The van der Waals surface area contributed by atoms with E-state index in [0.717, 1.165) is 12.8 Å². The average molecular weight is 287 g/mol. The lowest BCUT2D eigenvalue weighted by Crippen LogP contribution is -2.25. The first-order valence-electron chi connectivity index (χ1n) is 8.13. The van der Waals surface area contributed by atoms with Gasteiger partial charge in [0.15, 0.2) is 0 Å². The third-order valence-electron chi connectivity index (χ3n) is 3.74. The van der Waals surface area contributed by atoms with Gasteiger partial charge in [0.25, 0.3) is 0 Å². The van der Waals surface area contributed by atoms with E-state index in [0.29, 0.717) is 13.0 Å². The van der Waals surface area contributed by atoms with Crippen LogP contribution < -0.4 is 0 Å². The molecule has 0 fully saturated rings. The van der Waals surface area contributed by atoms with Crippen molar-refractivity contribution in [2.24, 2.45) is 0 Å². The maximum absolute atomic E-state index is 12.0. The summed E-state index contributed by atoms with van der Waals surface area (Å²) in [6, 6.07) is 10.2. The van der Waals surface area contributed by atoms with Crippen molar-refractivity contribution < 1.29 is 4.79 Å². The molecule has 2 heteroatoms. The highest BCUT2D eigenvalue weighted by Crippen LogP contribution is 2.10. The summed E-state index contributed by atoms with van der Waals surface area (Å²) >= 11 is 0. The number of carbonyl (C=O) groups is 1. The van der Waals surface area contributed by atoms with Crippen LogP contribution in [0.4, 0.5) is 0 Å². The molecule has 0 N–H and O–H groups in total. The normalized spacial score (nSPS) is 10.3. The summed E-state index contributed by atoms with van der Waals surface area (Å²) < 4.78 is 0. The lowest BCUT2D eigenvalue weighted by Gasteiger charge is -2.17. The fourth-order valence-corrected chi connectivity index (χ4v) is 2.41. The van der Waals surface area contributed by atoms with Gasteiger partial charge in [0.1, 0.15) is 0 Å². The van der Waals surface area contributed by atoms with Crippen LogP contribution in [0.25, 0.3) is 0 Å². The van der Waals surface area contributed by atoms with E-state index >= 15 is 0 Å². The highest BCUT2D eigenvalue weighted by atomic mass is 16.2. The van der Waals surface area contributed by atoms with Crippen LogP contribution in [0.5, 0.6) is 0 Å². The van der Waals surface area contributed by atoms with Crippen molar-refractivity contribution >= 4 is 5.91 Å². The van der Waals surface area contributed by atoms with E-state index in [1.54, 1.807) is 0 Å². The lowest BCUT2D eigenvalue weighted by atomic mass is 10.1. The molecule has 0 aromatic heterocycles. The van der Waals surface area contributed by atoms with Crippen LogP contribution in [0.15, 0.2) is 43.0 Å². The van der Waals surface area contributed by atoms with Crippen LogP contribution in [0.3, 0.4) is 0 Å². The quantitative estimate of drug-likeness (QED) is 0.416. The molecule has 0 saturated carbocycles. The summed E-state index contributed by atoms with van der Waals surface area (Å²) in [6.07, 6.45) is 11.0. The van der Waals surface area contributed by atoms with Crippen molar-refractivity contribution in [1.82, 2.24) is 4.90 Å². The minimum Gasteiger partial charge on any atom is -0.341 e. The zero-order chi connectivity index (χ0) is 15.3. The van der Waals surface area contributed by atoms with E-state index in [1.165, 1.54) is 37.7 Å². The second kappa shape index (κ2) is 11.1. The highest BCUT2D eigenvalue weighted by Gasteiger charge is 2.08. The van der Waals surface area contributed by atoms with Gasteiger partial charge >= 0.3 is 0 Å². The number of carbonyl (C=O) groups excluding carboxylic acids is 1. The summed E-state index contributed by atoms with van der Waals surface area (Å²) in [5.41, 5.74) is 1.19. The van der Waals surface area contributed by atoms with Crippen molar-refractivity contribution in [2.75, 3.05) is 7.05 Å². The molecule has 0 radical (unpaired) electrons. The first kappa shape index (κ1) is 17.5. The van der Waals surface area contributed by atoms with Gasteiger partial charge in [0.2, 0.25) is 5.91 Å². The number of amides is 1. The monoisotopic (exact) mass is 287 g/mol. The summed E-state index contributed by atoms with van der Waals surface area (Å²) in [5, 5.41) is 0. The zero-order valence-electron chi connectivity index (χ0n) is 13.4. The predicted octanol–water partition coefficient (Wildman–Crippen LogP) is 4.95. The maximum Gasteiger partial charge on any atom is 0.222 e. The fraction of sp³-hybridized carbons (Fsp3) is 0.526. The van der Waals surface area contributed by atoms with E-state index in [9.17, 15) is 4.79 Å². The van der Waals surface area contributed by atoms with E-state index in [1.807, 2.05) is 36.2 Å². The van der Waals surface area contributed by atoms with Gasteiger partial charge in [0.05, 0.1) is 0 Å².